The van der Waals surface area contributed by atoms with E-state index in [4.69, 9.17) is 11.6 Å². The van der Waals surface area contributed by atoms with E-state index in [0.29, 0.717) is 5.82 Å². The van der Waals surface area contributed by atoms with E-state index in [1.165, 1.54) is 18.6 Å². The molecule has 6 nitrogen and oxygen atoms in total. The zero-order chi connectivity index (χ0) is 14.0. The van der Waals surface area contributed by atoms with Gasteiger partial charge in [0.15, 0.2) is 11.5 Å². The standard InChI is InChI=1S/C11H11ClFN5O/c1-11(2,10-15-5-16-18-10)17-9(19)8-7(13)6(12)3-4-14-8/h3-5H,1-2H3,(H,17,19)(H,15,16,18). The molecule has 0 atom stereocenters. The largest absolute Gasteiger partial charge is 0.338 e. The fourth-order valence-corrected chi connectivity index (χ4v) is 1.63. The Kier molecular flexibility index (Phi) is 3.48. The fraction of sp³-hybridized carbons (Fsp3) is 0.273. The first-order chi connectivity index (χ1) is 8.92. The van der Waals surface area contributed by atoms with Crippen LogP contribution in [0.3, 0.4) is 0 Å². The zero-order valence-corrected chi connectivity index (χ0v) is 11.0. The number of nitrogens with zero attached hydrogens (tertiary/aromatic N) is 3. The molecule has 0 aliphatic rings. The minimum Gasteiger partial charge on any atom is -0.338 e. The van der Waals surface area contributed by atoms with Crippen molar-refractivity contribution in [1.82, 2.24) is 25.5 Å². The molecule has 0 unspecified atom stereocenters. The van der Waals surface area contributed by atoms with Crippen molar-refractivity contribution in [2.45, 2.75) is 19.4 Å². The van der Waals surface area contributed by atoms with Crippen LogP contribution in [0.25, 0.3) is 0 Å². The van der Waals surface area contributed by atoms with Gasteiger partial charge in [-0.3, -0.25) is 9.89 Å². The molecule has 2 rings (SSSR count). The zero-order valence-electron chi connectivity index (χ0n) is 10.2. The number of halogens is 2. The smallest absolute Gasteiger partial charge is 0.273 e. The summed E-state index contributed by atoms with van der Waals surface area (Å²) >= 11 is 5.61. The molecule has 2 N–H and O–H groups in total. The first-order valence-electron chi connectivity index (χ1n) is 5.40. The van der Waals surface area contributed by atoms with Crippen molar-refractivity contribution >= 4 is 17.5 Å². The van der Waals surface area contributed by atoms with Gasteiger partial charge >= 0.3 is 0 Å². The third-order valence-electron chi connectivity index (χ3n) is 2.49. The van der Waals surface area contributed by atoms with Crippen LogP contribution in [-0.4, -0.2) is 26.1 Å². The van der Waals surface area contributed by atoms with Crippen LogP contribution >= 0.6 is 11.6 Å². The van der Waals surface area contributed by atoms with Crippen molar-refractivity contribution < 1.29 is 9.18 Å². The average Bonchev–Trinajstić information content (AvgIpc) is 2.86. The Morgan fingerprint density at radius 2 is 2.21 bits per heavy atom. The van der Waals surface area contributed by atoms with Crippen molar-refractivity contribution in [2.75, 3.05) is 0 Å². The number of amides is 1. The summed E-state index contributed by atoms with van der Waals surface area (Å²) in [4.78, 5) is 19.6. The molecule has 0 radical (unpaired) electrons. The second-order valence-corrected chi connectivity index (χ2v) is 4.78. The SMILES string of the molecule is CC(C)(NC(=O)c1nccc(Cl)c1F)c1ncn[nH]1. The molecule has 0 spiro atoms. The Bertz CT molecular complexity index is 599. The van der Waals surface area contributed by atoms with Crippen molar-refractivity contribution in [2.24, 2.45) is 0 Å². The minimum atomic E-state index is -0.852. The number of pyridine rings is 1. The van der Waals surface area contributed by atoms with Crippen LogP contribution in [-0.2, 0) is 5.54 Å². The second kappa shape index (κ2) is 4.93. The number of carbonyl (C=O) groups excluding carboxylic acids is 1. The Balaban J connectivity index is 2.24. The van der Waals surface area contributed by atoms with Gasteiger partial charge in [0.25, 0.3) is 5.91 Å². The number of aromatic amines is 1. The van der Waals surface area contributed by atoms with E-state index < -0.39 is 17.3 Å². The molecule has 0 bridgehead atoms. The quantitative estimate of drug-likeness (QED) is 0.897. The molecule has 2 heterocycles. The van der Waals surface area contributed by atoms with E-state index in [2.05, 4.69) is 25.5 Å². The summed E-state index contributed by atoms with van der Waals surface area (Å²) in [6.07, 6.45) is 2.59. The van der Waals surface area contributed by atoms with Crippen molar-refractivity contribution in [3.05, 3.63) is 40.9 Å². The summed E-state index contributed by atoms with van der Waals surface area (Å²) in [7, 11) is 0. The van der Waals surface area contributed by atoms with E-state index in [9.17, 15) is 9.18 Å². The van der Waals surface area contributed by atoms with Crippen molar-refractivity contribution in [3.8, 4) is 0 Å². The molecule has 0 aliphatic carbocycles. The number of H-pyrrole nitrogens is 1. The first kappa shape index (κ1) is 13.4. The molecule has 100 valence electrons. The summed E-state index contributed by atoms with van der Waals surface area (Å²) in [6, 6.07) is 1.27. The van der Waals surface area contributed by atoms with Gasteiger partial charge in [0.2, 0.25) is 0 Å². The van der Waals surface area contributed by atoms with Crippen LogP contribution in [0.1, 0.15) is 30.2 Å². The lowest BCUT2D eigenvalue weighted by Gasteiger charge is -2.23. The maximum atomic E-state index is 13.7. The number of carbonyl (C=O) groups is 1. The molecular weight excluding hydrogens is 273 g/mol. The molecule has 0 aliphatic heterocycles. The highest BCUT2D eigenvalue weighted by Crippen LogP contribution is 2.19. The topological polar surface area (TPSA) is 83.6 Å². The summed E-state index contributed by atoms with van der Waals surface area (Å²) in [6.45, 7) is 3.40. The maximum Gasteiger partial charge on any atom is 0.273 e. The minimum absolute atomic E-state index is 0.155. The Hall–Kier alpha value is -2.02. The Morgan fingerprint density at radius 1 is 1.47 bits per heavy atom. The lowest BCUT2D eigenvalue weighted by Crippen LogP contribution is -2.42. The van der Waals surface area contributed by atoms with Crippen molar-refractivity contribution in [3.63, 3.8) is 0 Å². The van der Waals surface area contributed by atoms with Crippen LogP contribution in [0.2, 0.25) is 5.02 Å². The van der Waals surface area contributed by atoms with Gasteiger partial charge in [-0.2, -0.15) is 5.10 Å². The third kappa shape index (κ3) is 2.70. The van der Waals surface area contributed by atoms with Gasteiger partial charge < -0.3 is 5.32 Å². The predicted octanol–water partition coefficient (Wildman–Crippen LogP) is 1.66. The van der Waals surface area contributed by atoms with Crippen molar-refractivity contribution in [1.29, 1.82) is 0 Å². The number of rotatable bonds is 3. The highest BCUT2D eigenvalue weighted by Gasteiger charge is 2.28. The highest BCUT2D eigenvalue weighted by molar-refractivity contribution is 6.31. The van der Waals surface area contributed by atoms with Gasteiger partial charge in [-0.1, -0.05) is 11.6 Å². The highest BCUT2D eigenvalue weighted by atomic mass is 35.5. The normalized spacial score (nSPS) is 11.4. The van der Waals surface area contributed by atoms with Crippen LogP contribution in [0.5, 0.6) is 0 Å². The van der Waals surface area contributed by atoms with E-state index in [1.807, 2.05) is 0 Å². The lowest BCUT2D eigenvalue weighted by molar-refractivity contribution is 0.0899. The molecule has 19 heavy (non-hydrogen) atoms. The Morgan fingerprint density at radius 3 is 2.84 bits per heavy atom. The third-order valence-corrected chi connectivity index (χ3v) is 2.78. The van der Waals surface area contributed by atoms with E-state index in [1.54, 1.807) is 13.8 Å². The average molecular weight is 284 g/mol. The molecule has 0 saturated heterocycles. The van der Waals surface area contributed by atoms with Gasteiger partial charge in [-0.05, 0) is 19.9 Å². The fourth-order valence-electron chi connectivity index (χ4n) is 1.49. The van der Waals surface area contributed by atoms with E-state index >= 15 is 0 Å². The predicted molar refractivity (Wildman–Crippen MR) is 66.1 cm³/mol. The summed E-state index contributed by atoms with van der Waals surface area (Å²) in [5, 5.41) is 8.80. The van der Waals surface area contributed by atoms with E-state index in [-0.39, 0.29) is 10.7 Å². The summed E-state index contributed by atoms with van der Waals surface area (Å²) in [5.41, 5.74) is -1.20. The molecule has 2 aromatic rings. The molecule has 1 amide bonds. The number of nitrogens with one attached hydrogen (secondary N) is 2. The molecule has 2 aromatic heterocycles. The molecule has 0 aromatic carbocycles. The van der Waals surface area contributed by atoms with Gasteiger partial charge in [-0.25, -0.2) is 14.4 Å². The van der Waals surface area contributed by atoms with Gasteiger partial charge in [0, 0.05) is 6.20 Å². The Labute approximate surface area is 113 Å². The molecular formula is C11H11ClFN5O. The van der Waals surface area contributed by atoms with Crippen LogP contribution in [0.15, 0.2) is 18.6 Å². The number of hydrogen-bond acceptors (Lipinski definition) is 4. The molecule has 0 saturated carbocycles. The summed E-state index contributed by atoms with van der Waals surface area (Å²) < 4.78 is 13.7. The van der Waals surface area contributed by atoms with Gasteiger partial charge in [-0.15, -0.1) is 0 Å². The number of aromatic nitrogens is 4. The number of hydrogen-bond donors (Lipinski definition) is 2. The second-order valence-electron chi connectivity index (χ2n) is 4.37. The van der Waals surface area contributed by atoms with Gasteiger partial charge in [0.05, 0.1) is 10.6 Å². The van der Waals surface area contributed by atoms with Crippen LogP contribution in [0.4, 0.5) is 4.39 Å². The lowest BCUT2D eigenvalue weighted by atomic mass is 10.0. The maximum absolute atomic E-state index is 13.7. The monoisotopic (exact) mass is 283 g/mol. The van der Waals surface area contributed by atoms with Crippen LogP contribution in [0, 0.1) is 5.82 Å². The first-order valence-corrected chi connectivity index (χ1v) is 5.78. The van der Waals surface area contributed by atoms with Gasteiger partial charge in [0.1, 0.15) is 12.2 Å². The van der Waals surface area contributed by atoms with E-state index in [0.717, 1.165) is 0 Å². The van der Waals surface area contributed by atoms with Crippen LogP contribution < -0.4 is 5.32 Å². The summed E-state index contributed by atoms with van der Waals surface area (Å²) in [5.74, 6) is -1.08. The molecule has 8 heteroatoms. The molecule has 0 fully saturated rings.